The molecule has 44 heavy (non-hydrogen) atoms. The van der Waals surface area contributed by atoms with Gasteiger partial charge >= 0.3 is 6.03 Å². The number of morpholine rings is 1. The van der Waals surface area contributed by atoms with Gasteiger partial charge in [0.2, 0.25) is 11.9 Å². The van der Waals surface area contributed by atoms with Gasteiger partial charge in [-0.2, -0.15) is 15.0 Å². The molecule has 0 saturated carbocycles. The van der Waals surface area contributed by atoms with Crippen LogP contribution >= 0.6 is 0 Å². The highest BCUT2D eigenvalue weighted by Crippen LogP contribution is 2.35. The molecule has 4 aliphatic heterocycles. The van der Waals surface area contributed by atoms with Gasteiger partial charge in [0.25, 0.3) is 0 Å². The molecular weight excluding hydrogens is 556 g/mol. The van der Waals surface area contributed by atoms with E-state index in [1.54, 1.807) is 6.20 Å². The Morgan fingerprint density at radius 2 is 1.39 bits per heavy atom. The lowest BCUT2D eigenvalue weighted by Crippen LogP contribution is -2.47. The second-order valence-electron chi connectivity index (χ2n) is 12.6. The molecule has 2 aromatic heterocycles. The predicted molar refractivity (Wildman–Crippen MR) is 173 cm³/mol. The lowest BCUT2D eigenvalue weighted by atomic mass is 10.2. The fraction of sp³-hybridized carbons (Fsp3) is 0.531. The average molecular weight is 599 g/mol. The summed E-state index contributed by atoms with van der Waals surface area (Å²) in [5, 5.41) is 5.81. The van der Waals surface area contributed by atoms with Crippen LogP contribution in [0.1, 0.15) is 39.5 Å². The molecule has 0 aliphatic carbocycles. The summed E-state index contributed by atoms with van der Waals surface area (Å²) in [7, 11) is 2.13. The number of nitrogens with zero attached hydrogens (tertiary/aromatic N) is 8. The number of piperazine rings is 1. The van der Waals surface area contributed by atoms with Gasteiger partial charge in [-0.15, -0.1) is 0 Å². The minimum absolute atomic E-state index is 0.300. The van der Waals surface area contributed by atoms with Gasteiger partial charge in [0.05, 0.1) is 37.2 Å². The maximum Gasteiger partial charge on any atom is 0.323 e. The van der Waals surface area contributed by atoms with Gasteiger partial charge in [0.15, 0.2) is 5.82 Å². The molecular formula is C32H42N10O2. The zero-order valence-electron chi connectivity index (χ0n) is 25.8. The highest BCUT2D eigenvalue weighted by atomic mass is 16.5. The average Bonchev–Trinajstić information content (AvgIpc) is 3.50. The Labute approximate surface area is 258 Å². The molecule has 12 heteroatoms. The summed E-state index contributed by atoms with van der Waals surface area (Å²) in [6.45, 7) is 9.84. The van der Waals surface area contributed by atoms with Crippen molar-refractivity contribution in [2.45, 2.75) is 63.7 Å². The molecule has 4 saturated heterocycles. The number of carbonyl (C=O) groups excluding carboxylic acids is 1. The van der Waals surface area contributed by atoms with Gasteiger partial charge in [-0.25, -0.2) is 9.78 Å². The van der Waals surface area contributed by atoms with Gasteiger partial charge in [-0.3, -0.25) is 0 Å². The number of ether oxygens (including phenoxy) is 1. The number of amides is 2. The Kier molecular flexibility index (Phi) is 7.94. The van der Waals surface area contributed by atoms with Crippen molar-refractivity contribution in [2.24, 2.45) is 0 Å². The summed E-state index contributed by atoms with van der Waals surface area (Å²) in [5.41, 5.74) is 2.20. The van der Waals surface area contributed by atoms with E-state index < -0.39 is 0 Å². The molecule has 4 unspecified atom stereocenters. The predicted octanol–water partition coefficient (Wildman–Crippen LogP) is 4.07. The van der Waals surface area contributed by atoms with Crippen molar-refractivity contribution in [3.63, 3.8) is 0 Å². The van der Waals surface area contributed by atoms with Gasteiger partial charge in [-0.05, 0) is 83.0 Å². The maximum absolute atomic E-state index is 12.8. The van der Waals surface area contributed by atoms with E-state index in [-0.39, 0.29) is 6.03 Å². The fourth-order valence-electron chi connectivity index (χ4n) is 6.94. The highest BCUT2D eigenvalue weighted by molar-refractivity contribution is 5.99. The molecule has 4 atom stereocenters. The van der Waals surface area contributed by atoms with E-state index in [4.69, 9.17) is 19.7 Å². The highest BCUT2D eigenvalue weighted by Gasteiger charge is 2.40. The van der Waals surface area contributed by atoms with Crippen LogP contribution in [-0.2, 0) is 4.74 Å². The standard InChI is InChI=1S/C32H42N10O2/c1-21-4-5-22(2)41(21)30-36-29(37-31(38-30)42-26-11-12-27(42)20-44-19-26)23-6-8-24(9-7-23)34-32(43)35-25-10-13-28(33-18-25)40-16-14-39(3)15-17-40/h6-10,13,18,21-22,26-27H,4-5,11-12,14-17,19-20H2,1-3H3,(H2,34,35,43). The summed E-state index contributed by atoms with van der Waals surface area (Å²) in [6.07, 6.45) is 6.14. The van der Waals surface area contributed by atoms with Crippen molar-refractivity contribution in [3.05, 3.63) is 42.6 Å². The third-order valence-electron chi connectivity index (χ3n) is 9.50. The first-order chi connectivity index (χ1) is 21.4. The zero-order valence-corrected chi connectivity index (χ0v) is 25.8. The SMILES string of the molecule is CC1CCC(C)N1c1nc(-c2ccc(NC(=O)Nc3ccc(N4CCN(C)CC4)nc3)cc2)nc(N2C3CCC2COC3)n1. The van der Waals surface area contributed by atoms with Crippen molar-refractivity contribution in [3.8, 4) is 11.4 Å². The van der Waals surface area contributed by atoms with E-state index in [9.17, 15) is 4.79 Å². The molecule has 0 spiro atoms. The number of rotatable bonds is 6. The largest absolute Gasteiger partial charge is 0.377 e. The monoisotopic (exact) mass is 598 g/mol. The molecule has 2 bridgehead atoms. The van der Waals surface area contributed by atoms with Gasteiger partial charge < -0.3 is 35.0 Å². The third kappa shape index (κ3) is 5.88. The van der Waals surface area contributed by atoms with Crippen LogP contribution in [0.2, 0.25) is 0 Å². The molecule has 2 N–H and O–H groups in total. The molecule has 3 aromatic rings. The number of nitrogens with one attached hydrogen (secondary N) is 2. The molecule has 232 valence electrons. The second kappa shape index (κ2) is 12.2. The second-order valence-corrected chi connectivity index (χ2v) is 12.6. The van der Waals surface area contributed by atoms with Crippen molar-refractivity contribution in [1.82, 2.24) is 24.8 Å². The molecule has 1 aromatic carbocycles. The quantitative estimate of drug-likeness (QED) is 0.430. The number of aromatic nitrogens is 4. The Balaban J connectivity index is 1.06. The number of fused-ring (bicyclic) bond motifs is 2. The van der Waals surface area contributed by atoms with Crippen LogP contribution in [0.5, 0.6) is 0 Å². The Morgan fingerprint density at radius 3 is 2.02 bits per heavy atom. The summed E-state index contributed by atoms with van der Waals surface area (Å²) in [5.74, 6) is 3.05. The number of pyridine rings is 1. The van der Waals surface area contributed by atoms with Crippen molar-refractivity contribution >= 4 is 35.1 Å². The minimum atomic E-state index is -0.323. The summed E-state index contributed by atoms with van der Waals surface area (Å²) >= 11 is 0. The number of hydrogen-bond donors (Lipinski definition) is 2. The zero-order chi connectivity index (χ0) is 30.2. The van der Waals surface area contributed by atoms with E-state index in [0.717, 1.165) is 75.1 Å². The third-order valence-corrected chi connectivity index (χ3v) is 9.50. The number of likely N-dealkylation sites (N-methyl/N-ethyl adjacent to an activating group) is 1. The number of anilines is 5. The van der Waals surface area contributed by atoms with Crippen molar-refractivity contribution in [2.75, 3.05) is 71.8 Å². The summed E-state index contributed by atoms with van der Waals surface area (Å²) in [4.78, 5) is 41.6. The summed E-state index contributed by atoms with van der Waals surface area (Å²) in [6, 6.07) is 12.5. The normalized spacial score (nSPS) is 25.4. The Bertz CT molecular complexity index is 1430. The molecule has 4 aliphatic rings. The molecule has 4 fully saturated rings. The first kappa shape index (κ1) is 28.7. The van der Waals surface area contributed by atoms with E-state index in [1.807, 2.05) is 36.4 Å². The van der Waals surface area contributed by atoms with E-state index in [1.165, 1.54) is 0 Å². The van der Waals surface area contributed by atoms with Gasteiger partial charge in [0.1, 0.15) is 5.82 Å². The van der Waals surface area contributed by atoms with E-state index >= 15 is 0 Å². The van der Waals surface area contributed by atoms with Gasteiger partial charge in [-0.1, -0.05) is 0 Å². The Hall–Kier alpha value is -4.03. The van der Waals surface area contributed by atoms with Crippen LogP contribution in [0.25, 0.3) is 11.4 Å². The minimum Gasteiger partial charge on any atom is -0.377 e. The first-order valence-corrected chi connectivity index (χ1v) is 15.9. The van der Waals surface area contributed by atoms with Crippen LogP contribution in [0.4, 0.5) is 33.9 Å². The molecule has 6 heterocycles. The van der Waals surface area contributed by atoms with Crippen molar-refractivity contribution < 1.29 is 9.53 Å². The van der Waals surface area contributed by atoms with E-state index in [0.29, 0.717) is 54.6 Å². The molecule has 0 radical (unpaired) electrons. The van der Waals surface area contributed by atoms with Gasteiger partial charge in [0, 0.05) is 49.5 Å². The van der Waals surface area contributed by atoms with Crippen LogP contribution in [0.3, 0.4) is 0 Å². The first-order valence-electron chi connectivity index (χ1n) is 15.9. The van der Waals surface area contributed by atoms with Crippen LogP contribution in [-0.4, -0.2) is 101 Å². The van der Waals surface area contributed by atoms with Crippen LogP contribution in [0.15, 0.2) is 42.6 Å². The van der Waals surface area contributed by atoms with E-state index in [2.05, 4.69) is 56.1 Å². The number of benzene rings is 1. The number of carbonyl (C=O) groups is 1. The van der Waals surface area contributed by atoms with Crippen LogP contribution < -0.4 is 25.3 Å². The van der Waals surface area contributed by atoms with Crippen molar-refractivity contribution in [1.29, 1.82) is 0 Å². The molecule has 12 nitrogen and oxygen atoms in total. The topological polar surface area (TPSA) is 115 Å². The number of hydrogen-bond acceptors (Lipinski definition) is 10. The fourth-order valence-corrected chi connectivity index (χ4v) is 6.94. The lowest BCUT2D eigenvalue weighted by molar-refractivity contribution is 0.0897. The molecule has 7 rings (SSSR count). The Morgan fingerprint density at radius 1 is 0.773 bits per heavy atom. The smallest absolute Gasteiger partial charge is 0.323 e. The van der Waals surface area contributed by atoms with Crippen LogP contribution in [0, 0.1) is 0 Å². The lowest BCUT2D eigenvalue weighted by Gasteiger charge is -2.35. The molecule has 2 amide bonds. The number of urea groups is 1. The maximum atomic E-state index is 12.8. The summed E-state index contributed by atoms with van der Waals surface area (Å²) < 4.78 is 5.83.